The molecule has 0 spiro atoms. The predicted octanol–water partition coefficient (Wildman–Crippen LogP) is 2.21. The Balaban J connectivity index is 2.90. The van der Waals surface area contributed by atoms with E-state index in [1.54, 1.807) is 0 Å². The van der Waals surface area contributed by atoms with Gasteiger partial charge in [-0.05, 0) is 18.1 Å². The van der Waals surface area contributed by atoms with Crippen LogP contribution in [0.5, 0.6) is 11.5 Å². The molecule has 8 heteroatoms. The number of nitrogens with one attached hydrogen (secondary N) is 1. The van der Waals surface area contributed by atoms with Gasteiger partial charge < -0.3 is 24.6 Å². The summed E-state index contributed by atoms with van der Waals surface area (Å²) < 4.78 is 15.6. The highest BCUT2D eigenvalue weighted by molar-refractivity contribution is 6.32. The number of rotatable bonds is 9. The number of benzene rings is 1. The Hall–Kier alpha value is -1.99. The molecule has 1 aromatic rings. The first-order chi connectivity index (χ1) is 11.3. The van der Waals surface area contributed by atoms with Gasteiger partial charge in [0.1, 0.15) is 0 Å². The molecule has 2 N–H and O–H groups in total. The standard InChI is InChI=1S/C16H22ClNO6/c1-9(2)8-24-14-11(17)5-10(6-12(14)22-3)15(19)18-7-13(23-4)16(20)21/h5-6,9,13H,7-8H2,1-4H3,(H,18,19)(H,20,21). The van der Waals surface area contributed by atoms with Crippen molar-refractivity contribution in [3.8, 4) is 11.5 Å². The number of carboxylic acids is 1. The minimum absolute atomic E-state index is 0.170. The summed E-state index contributed by atoms with van der Waals surface area (Å²) in [6.45, 7) is 4.28. The molecule has 24 heavy (non-hydrogen) atoms. The van der Waals surface area contributed by atoms with Crippen molar-refractivity contribution >= 4 is 23.5 Å². The minimum atomic E-state index is -1.16. The summed E-state index contributed by atoms with van der Waals surface area (Å²) >= 11 is 6.18. The van der Waals surface area contributed by atoms with Gasteiger partial charge in [-0.3, -0.25) is 4.79 Å². The summed E-state index contributed by atoms with van der Waals surface area (Å²) in [7, 11) is 2.70. The number of halogens is 1. The Labute approximate surface area is 145 Å². The average molecular weight is 360 g/mol. The largest absolute Gasteiger partial charge is 0.493 e. The third kappa shape index (κ3) is 5.58. The smallest absolute Gasteiger partial charge is 0.334 e. The molecule has 0 aliphatic carbocycles. The molecule has 1 atom stereocenters. The third-order valence-corrected chi connectivity index (χ3v) is 3.34. The van der Waals surface area contributed by atoms with Crippen molar-refractivity contribution in [1.82, 2.24) is 5.32 Å². The van der Waals surface area contributed by atoms with Crippen LogP contribution in [-0.2, 0) is 9.53 Å². The maximum absolute atomic E-state index is 12.2. The zero-order chi connectivity index (χ0) is 18.3. The molecule has 7 nitrogen and oxygen atoms in total. The van der Waals surface area contributed by atoms with E-state index in [1.807, 2.05) is 13.8 Å². The molecule has 0 aromatic heterocycles. The Morgan fingerprint density at radius 2 is 1.96 bits per heavy atom. The lowest BCUT2D eigenvalue weighted by Crippen LogP contribution is -2.37. The second-order valence-corrected chi connectivity index (χ2v) is 5.87. The van der Waals surface area contributed by atoms with Gasteiger partial charge in [-0.2, -0.15) is 0 Å². The van der Waals surface area contributed by atoms with E-state index in [2.05, 4.69) is 5.32 Å². The fourth-order valence-corrected chi connectivity index (χ4v) is 2.07. The van der Waals surface area contributed by atoms with Gasteiger partial charge in [0, 0.05) is 12.7 Å². The molecular formula is C16H22ClNO6. The van der Waals surface area contributed by atoms with E-state index in [0.29, 0.717) is 24.0 Å². The van der Waals surface area contributed by atoms with Gasteiger partial charge in [-0.25, -0.2) is 4.79 Å². The number of hydrogen-bond donors (Lipinski definition) is 2. The number of carbonyl (C=O) groups excluding carboxylic acids is 1. The van der Waals surface area contributed by atoms with E-state index in [1.165, 1.54) is 26.4 Å². The highest BCUT2D eigenvalue weighted by Gasteiger charge is 2.20. The summed E-state index contributed by atoms with van der Waals surface area (Å²) in [5.41, 5.74) is 0.231. The first kappa shape index (κ1) is 20.1. The lowest BCUT2D eigenvalue weighted by atomic mass is 10.1. The van der Waals surface area contributed by atoms with Gasteiger partial charge in [0.25, 0.3) is 5.91 Å². The van der Waals surface area contributed by atoms with Gasteiger partial charge in [-0.15, -0.1) is 0 Å². The molecular weight excluding hydrogens is 338 g/mol. The number of methoxy groups -OCH3 is 2. The SMILES string of the molecule is COc1cc(C(=O)NCC(OC)C(=O)O)cc(Cl)c1OCC(C)C. The normalized spacial score (nSPS) is 11.9. The predicted molar refractivity (Wildman–Crippen MR) is 89.1 cm³/mol. The van der Waals surface area contributed by atoms with Crippen LogP contribution in [0.3, 0.4) is 0 Å². The second kappa shape index (κ2) is 9.34. The van der Waals surface area contributed by atoms with Gasteiger partial charge in [0.15, 0.2) is 17.6 Å². The quantitative estimate of drug-likeness (QED) is 0.702. The summed E-state index contributed by atoms with van der Waals surface area (Å²) in [5, 5.41) is 11.6. The van der Waals surface area contributed by atoms with Crippen molar-refractivity contribution in [3.63, 3.8) is 0 Å². The number of hydrogen-bond acceptors (Lipinski definition) is 5. The van der Waals surface area contributed by atoms with Crippen LogP contribution in [0.1, 0.15) is 24.2 Å². The van der Waals surface area contributed by atoms with E-state index in [-0.39, 0.29) is 17.1 Å². The Morgan fingerprint density at radius 3 is 2.46 bits per heavy atom. The summed E-state index contributed by atoms with van der Waals surface area (Å²) in [5.74, 6) is -0.657. The van der Waals surface area contributed by atoms with Gasteiger partial charge in [0.05, 0.1) is 25.3 Å². The highest BCUT2D eigenvalue weighted by atomic mass is 35.5. The molecule has 1 amide bonds. The summed E-state index contributed by atoms with van der Waals surface area (Å²) in [6, 6.07) is 2.93. The van der Waals surface area contributed by atoms with E-state index in [9.17, 15) is 9.59 Å². The molecule has 0 saturated heterocycles. The molecule has 134 valence electrons. The number of carbonyl (C=O) groups is 2. The van der Waals surface area contributed by atoms with Crippen molar-refractivity contribution in [3.05, 3.63) is 22.7 Å². The molecule has 1 aromatic carbocycles. The van der Waals surface area contributed by atoms with Crippen LogP contribution in [0.2, 0.25) is 5.02 Å². The summed E-state index contributed by atoms with van der Waals surface area (Å²) in [6.07, 6.45) is -1.13. The van der Waals surface area contributed by atoms with E-state index in [0.717, 1.165) is 0 Å². The molecule has 0 heterocycles. The Kier molecular flexibility index (Phi) is 7.81. The van der Waals surface area contributed by atoms with Crippen LogP contribution >= 0.6 is 11.6 Å². The van der Waals surface area contributed by atoms with Crippen LogP contribution in [0.15, 0.2) is 12.1 Å². The van der Waals surface area contributed by atoms with Crippen LogP contribution in [0, 0.1) is 5.92 Å². The van der Waals surface area contributed by atoms with Gasteiger partial charge >= 0.3 is 5.97 Å². The molecule has 0 radical (unpaired) electrons. The van der Waals surface area contributed by atoms with Crippen LogP contribution in [-0.4, -0.2) is 50.5 Å². The molecule has 1 unspecified atom stereocenters. The lowest BCUT2D eigenvalue weighted by Gasteiger charge is -2.16. The minimum Gasteiger partial charge on any atom is -0.493 e. The van der Waals surface area contributed by atoms with Gasteiger partial charge in [-0.1, -0.05) is 25.4 Å². The van der Waals surface area contributed by atoms with Gasteiger partial charge in [0.2, 0.25) is 0 Å². The first-order valence-electron chi connectivity index (χ1n) is 7.34. The lowest BCUT2D eigenvalue weighted by molar-refractivity contribution is -0.148. The molecule has 0 aliphatic heterocycles. The zero-order valence-corrected chi connectivity index (χ0v) is 14.8. The topological polar surface area (TPSA) is 94.1 Å². The third-order valence-electron chi connectivity index (χ3n) is 3.06. The van der Waals surface area contributed by atoms with Crippen molar-refractivity contribution in [2.24, 2.45) is 5.92 Å². The monoisotopic (exact) mass is 359 g/mol. The summed E-state index contributed by atoms with van der Waals surface area (Å²) in [4.78, 5) is 23.0. The van der Waals surface area contributed by atoms with Crippen LogP contribution < -0.4 is 14.8 Å². The number of ether oxygens (including phenoxy) is 3. The van der Waals surface area contributed by atoms with Crippen LogP contribution in [0.25, 0.3) is 0 Å². The molecule has 0 saturated carbocycles. The molecule has 1 rings (SSSR count). The van der Waals surface area contributed by atoms with Crippen molar-refractivity contribution in [1.29, 1.82) is 0 Å². The van der Waals surface area contributed by atoms with Crippen molar-refractivity contribution in [2.45, 2.75) is 20.0 Å². The van der Waals surface area contributed by atoms with E-state index < -0.39 is 18.0 Å². The molecule has 0 bridgehead atoms. The Morgan fingerprint density at radius 1 is 1.29 bits per heavy atom. The first-order valence-corrected chi connectivity index (χ1v) is 7.72. The number of amides is 1. The number of carboxylic acid groups (broad SMARTS) is 1. The maximum Gasteiger partial charge on any atom is 0.334 e. The van der Waals surface area contributed by atoms with E-state index >= 15 is 0 Å². The van der Waals surface area contributed by atoms with Crippen molar-refractivity contribution < 1.29 is 28.9 Å². The average Bonchev–Trinajstić information content (AvgIpc) is 2.52. The Bertz CT molecular complexity index is 590. The molecule has 0 fully saturated rings. The fourth-order valence-electron chi connectivity index (χ4n) is 1.80. The second-order valence-electron chi connectivity index (χ2n) is 5.47. The highest BCUT2D eigenvalue weighted by Crippen LogP contribution is 2.36. The zero-order valence-electron chi connectivity index (χ0n) is 14.1. The molecule has 0 aliphatic rings. The fraction of sp³-hybridized carbons (Fsp3) is 0.500. The number of aliphatic carboxylic acids is 1. The van der Waals surface area contributed by atoms with Crippen LogP contribution in [0.4, 0.5) is 0 Å². The maximum atomic E-state index is 12.2. The van der Waals surface area contributed by atoms with Crippen molar-refractivity contribution in [2.75, 3.05) is 27.4 Å². The van der Waals surface area contributed by atoms with E-state index in [4.69, 9.17) is 30.9 Å².